The molecule has 1 saturated heterocycles. The molecule has 0 aliphatic carbocycles. The highest BCUT2D eigenvalue weighted by molar-refractivity contribution is 5.66. The first-order valence-corrected chi connectivity index (χ1v) is 4.93. The molecule has 76 valence electrons. The van der Waals surface area contributed by atoms with Crippen LogP contribution < -0.4 is 10.6 Å². The maximum absolute atomic E-state index is 9.79. The van der Waals surface area contributed by atoms with E-state index < -0.39 is 6.23 Å². The maximum Gasteiger partial charge on any atom is 0.126 e. The summed E-state index contributed by atoms with van der Waals surface area (Å²) < 4.78 is 0. The third-order valence-electron chi connectivity index (χ3n) is 2.61. The molecule has 14 heavy (non-hydrogen) atoms. The van der Waals surface area contributed by atoms with Gasteiger partial charge >= 0.3 is 0 Å². The van der Waals surface area contributed by atoms with E-state index in [-0.39, 0.29) is 0 Å². The molecule has 1 aliphatic heterocycles. The first-order valence-electron chi connectivity index (χ1n) is 4.93. The van der Waals surface area contributed by atoms with E-state index in [1.54, 1.807) is 18.5 Å². The molecule has 2 rings (SSSR count). The Morgan fingerprint density at radius 1 is 1.50 bits per heavy atom. The van der Waals surface area contributed by atoms with Crippen LogP contribution in [0, 0.1) is 0 Å². The van der Waals surface area contributed by atoms with Crippen LogP contribution >= 0.6 is 0 Å². The van der Waals surface area contributed by atoms with Gasteiger partial charge in [-0.1, -0.05) is 0 Å². The standard InChI is InChI=1S/C10H15N3O/c11-8-4-5-12-7-9(8)13-6-2-1-3-10(13)14/h4-5,7,10,14H,1-3,6H2,(H2,11,12). The summed E-state index contributed by atoms with van der Waals surface area (Å²) in [6, 6.07) is 1.76. The molecule has 1 aromatic heterocycles. The highest BCUT2D eigenvalue weighted by Gasteiger charge is 2.21. The summed E-state index contributed by atoms with van der Waals surface area (Å²) in [5.41, 5.74) is 7.35. The number of aromatic nitrogens is 1. The molecule has 0 spiro atoms. The number of nitrogen functional groups attached to an aromatic ring is 1. The second-order valence-corrected chi connectivity index (χ2v) is 3.60. The minimum absolute atomic E-state index is 0.407. The lowest BCUT2D eigenvalue weighted by atomic mass is 10.1. The van der Waals surface area contributed by atoms with Crippen LogP contribution in [0.3, 0.4) is 0 Å². The third kappa shape index (κ3) is 1.65. The van der Waals surface area contributed by atoms with Crippen molar-refractivity contribution in [3.63, 3.8) is 0 Å². The summed E-state index contributed by atoms with van der Waals surface area (Å²) in [5, 5.41) is 9.79. The van der Waals surface area contributed by atoms with Gasteiger partial charge < -0.3 is 15.7 Å². The molecule has 1 fully saturated rings. The summed E-state index contributed by atoms with van der Waals surface area (Å²) in [6.45, 7) is 0.858. The fraction of sp³-hybridized carbons (Fsp3) is 0.500. The van der Waals surface area contributed by atoms with E-state index in [2.05, 4.69) is 4.98 Å². The van der Waals surface area contributed by atoms with Crippen LogP contribution in [0.5, 0.6) is 0 Å². The summed E-state index contributed by atoms with van der Waals surface area (Å²) in [4.78, 5) is 5.94. The van der Waals surface area contributed by atoms with E-state index in [1.165, 1.54) is 0 Å². The molecule has 0 amide bonds. The summed E-state index contributed by atoms with van der Waals surface area (Å²) in [7, 11) is 0. The fourth-order valence-corrected chi connectivity index (χ4v) is 1.83. The second kappa shape index (κ2) is 3.84. The second-order valence-electron chi connectivity index (χ2n) is 3.60. The summed E-state index contributed by atoms with van der Waals surface area (Å²) in [5.74, 6) is 0. The van der Waals surface area contributed by atoms with Crippen molar-refractivity contribution in [3.05, 3.63) is 18.5 Å². The highest BCUT2D eigenvalue weighted by Crippen LogP contribution is 2.27. The Balaban J connectivity index is 2.25. The van der Waals surface area contributed by atoms with Crippen LogP contribution in [0.1, 0.15) is 19.3 Å². The lowest BCUT2D eigenvalue weighted by Crippen LogP contribution is -2.39. The molecule has 2 heterocycles. The van der Waals surface area contributed by atoms with Crippen LogP contribution in [0.25, 0.3) is 0 Å². The van der Waals surface area contributed by atoms with Gasteiger partial charge in [0.05, 0.1) is 17.6 Å². The van der Waals surface area contributed by atoms with Crippen molar-refractivity contribution in [2.45, 2.75) is 25.5 Å². The fourth-order valence-electron chi connectivity index (χ4n) is 1.83. The lowest BCUT2D eigenvalue weighted by molar-refractivity contribution is 0.140. The van der Waals surface area contributed by atoms with Gasteiger partial charge in [-0.3, -0.25) is 4.98 Å². The van der Waals surface area contributed by atoms with Crippen molar-refractivity contribution in [3.8, 4) is 0 Å². The Morgan fingerprint density at radius 2 is 2.36 bits per heavy atom. The van der Waals surface area contributed by atoms with Gasteiger partial charge in [0.1, 0.15) is 6.23 Å². The van der Waals surface area contributed by atoms with E-state index >= 15 is 0 Å². The molecule has 1 atom stereocenters. The first kappa shape index (κ1) is 9.27. The average molecular weight is 193 g/mol. The van der Waals surface area contributed by atoms with E-state index in [1.807, 2.05) is 4.90 Å². The average Bonchev–Trinajstić information content (AvgIpc) is 2.20. The van der Waals surface area contributed by atoms with Crippen molar-refractivity contribution >= 4 is 11.4 Å². The van der Waals surface area contributed by atoms with E-state index in [4.69, 9.17) is 5.73 Å². The van der Waals surface area contributed by atoms with Crippen molar-refractivity contribution in [2.24, 2.45) is 0 Å². The van der Waals surface area contributed by atoms with Gasteiger partial charge in [-0.05, 0) is 25.3 Å². The predicted octanol–water partition coefficient (Wildman–Crippen LogP) is 0.972. The van der Waals surface area contributed by atoms with Crippen LogP contribution in [-0.4, -0.2) is 22.9 Å². The minimum atomic E-state index is -0.407. The zero-order valence-electron chi connectivity index (χ0n) is 8.06. The summed E-state index contributed by atoms with van der Waals surface area (Å²) in [6.07, 6.45) is 5.96. The molecule has 4 nitrogen and oxygen atoms in total. The van der Waals surface area contributed by atoms with Crippen molar-refractivity contribution in [1.82, 2.24) is 4.98 Å². The van der Waals surface area contributed by atoms with E-state index in [9.17, 15) is 5.11 Å². The topological polar surface area (TPSA) is 62.4 Å². The summed E-state index contributed by atoms with van der Waals surface area (Å²) >= 11 is 0. The predicted molar refractivity (Wildman–Crippen MR) is 55.9 cm³/mol. The monoisotopic (exact) mass is 193 g/mol. The number of aliphatic hydroxyl groups is 1. The van der Waals surface area contributed by atoms with Crippen LogP contribution in [0.15, 0.2) is 18.5 Å². The zero-order chi connectivity index (χ0) is 9.97. The molecule has 3 N–H and O–H groups in total. The molecule has 1 unspecified atom stereocenters. The molecule has 0 bridgehead atoms. The highest BCUT2D eigenvalue weighted by atomic mass is 16.3. The van der Waals surface area contributed by atoms with Crippen molar-refractivity contribution in [1.29, 1.82) is 0 Å². The quantitative estimate of drug-likeness (QED) is 0.697. The van der Waals surface area contributed by atoms with Gasteiger partial charge in [0.15, 0.2) is 0 Å². The Bertz CT molecular complexity index is 316. The first-order chi connectivity index (χ1) is 6.79. The van der Waals surface area contributed by atoms with Gasteiger partial charge in [0.25, 0.3) is 0 Å². The van der Waals surface area contributed by atoms with Gasteiger partial charge in [-0.25, -0.2) is 0 Å². The number of aliphatic hydroxyl groups excluding tert-OH is 1. The van der Waals surface area contributed by atoms with Gasteiger partial charge in [0, 0.05) is 12.7 Å². The Morgan fingerprint density at radius 3 is 3.07 bits per heavy atom. The minimum Gasteiger partial charge on any atom is -0.397 e. The SMILES string of the molecule is Nc1ccncc1N1CCCCC1O. The molecule has 0 aromatic carbocycles. The van der Waals surface area contributed by atoms with Crippen LogP contribution in [0.4, 0.5) is 11.4 Å². The van der Waals surface area contributed by atoms with Crippen molar-refractivity contribution < 1.29 is 5.11 Å². The largest absolute Gasteiger partial charge is 0.397 e. The van der Waals surface area contributed by atoms with Crippen LogP contribution in [0.2, 0.25) is 0 Å². The number of pyridine rings is 1. The number of piperidine rings is 1. The molecular weight excluding hydrogens is 178 g/mol. The van der Waals surface area contributed by atoms with Crippen LogP contribution in [-0.2, 0) is 0 Å². The number of nitrogens with zero attached hydrogens (tertiary/aromatic N) is 2. The Kier molecular flexibility index (Phi) is 2.54. The van der Waals surface area contributed by atoms with E-state index in [0.29, 0.717) is 5.69 Å². The number of nitrogens with two attached hydrogens (primary N) is 1. The van der Waals surface area contributed by atoms with Gasteiger partial charge in [-0.15, -0.1) is 0 Å². The zero-order valence-corrected chi connectivity index (χ0v) is 8.06. The van der Waals surface area contributed by atoms with Gasteiger partial charge in [-0.2, -0.15) is 0 Å². The van der Waals surface area contributed by atoms with E-state index in [0.717, 1.165) is 31.5 Å². The molecule has 0 radical (unpaired) electrons. The molecular formula is C10H15N3O. The van der Waals surface area contributed by atoms with Crippen molar-refractivity contribution in [2.75, 3.05) is 17.2 Å². The smallest absolute Gasteiger partial charge is 0.126 e. The lowest BCUT2D eigenvalue weighted by Gasteiger charge is -2.34. The Hall–Kier alpha value is -1.29. The maximum atomic E-state index is 9.79. The molecule has 1 aromatic rings. The Labute approximate surface area is 83.4 Å². The number of hydrogen-bond donors (Lipinski definition) is 2. The molecule has 0 saturated carbocycles. The molecule has 4 heteroatoms. The number of anilines is 2. The normalized spacial score (nSPS) is 22.4. The van der Waals surface area contributed by atoms with Gasteiger partial charge in [0.2, 0.25) is 0 Å². The molecule has 1 aliphatic rings. The number of rotatable bonds is 1. The number of hydrogen-bond acceptors (Lipinski definition) is 4. The third-order valence-corrected chi connectivity index (χ3v) is 2.61.